The van der Waals surface area contributed by atoms with Crippen molar-refractivity contribution in [1.82, 2.24) is 19.8 Å². The number of likely N-dealkylation sites (tertiary alicyclic amines) is 1. The lowest BCUT2D eigenvalue weighted by atomic mass is 9.80. The molecular formula is C35H43N5O4. The van der Waals surface area contributed by atoms with Gasteiger partial charge in [0.05, 0.1) is 19.8 Å². The zero-order chi connectivity index (χ0) is 30.5. The van der Waals surface area contributed by atoms with E-state index in [0.29, 0.717) is 25.4 Å². The summed E-state index contributed by atoms with van der Waals surface area (Å²) < 4.78 is 12.4. The van der Waals surface area contributed by atoms with Gasteiger partial charge in [-0.25, -0.2) is 4.98 Å². The number of morpholine rings is 1. The summed E-state index contributed by atoms with van der Waals surface area (Å²) in [4.78, 5) is 25.8. The molecule has 2 N–H and O–H groups in total. The van der Waals surface area contributed by atoms with E-state index in [0.717, 1.165) is 68.7 Å². The van der Waals surface area contributed by atoms with Gasteiger partial charge in [0, 0.05) is 49.9 Å². The molecule has 2 aliphatic heterocycles. The standard InChI is InChI=1S/C35H43N5O4/c1-25-8-3-4-9-29(25)30-10-5-13-35(26(30)2,44-19-7-15-39-17-20-43-21-18-39)38-33-32-28(12-14-36-33)22-27(23-37-32)24-40-16-6-11-31(40)34(41)42/h3-5,8-10,12-14,22-23,26,31H,6-7,11,15-21,24H2,1-2H3,(H,36,38)(H,41,42)/t26?,31-,35?/m0/s1. The summed E-state index contributed by atoms with van der Waals surface area (Å²) in [7, 11) is 0. The number of aryl methyl sites for hydroxylation is 1. The maximum atomic E-state index is 11.7. The largest absolute Gasteiger partial charge is 0.480 e. The fourth-order valence-corrected chi connectivity index (χ4v) is 6.75. The minimum atomic E-state index is -0.830. The average molecular weight is 598 g/mol. The molecule has 0 saturated carbocycles. The van der Waals surface area contributed by atoms with Crippen LogP contribution in [0.3, 0.4) is 0 Å². The molecule has 44 heavy (non-hydrogen) atoms. The summed E-state index contributed by atoms with van der Waals surface area (Å²) in [6.45, 7) is 10.8. The lowest BCUT2D eigenvalue weighted by Gasteiger charge is -2.41. The third-order valence-electron chi connectivity index (χ3n) is 9.25. The first kappa shape index (κ1) is 30.4. The number of hydrogen-bond acceptors (Lipinski definition) is 8. The van der Waals surface area contributed by atoms with Crippen LogP contribution in [0.2, 0.25) is 0 Å². The van der Waals surface area contributed by atoms with Crippen molar-refractivity contribution in [2.24, 2.45) is 5.92 Å². The molecule has 6 rings (SSSR count). The number of pyridine rings is 2. The van der Waals surface area contributed by atoms with Crippen molar-refractivity contribution in [1.29, 1.82) is 0 Å². The van der Waals surface area contributed by atoms with Crippen LogP contribution in [0.15, 0.2) is 67.0 Å². The number of hydrogen-bond donors (Lipinski definition) is 2. The van der Waals surface area contributed by atoms with Gasteiger partial charge in [0.2, 0.25) is 0 Å². The molecule has 3 atom stereocenters. The number of allylic oxidation sites excluding steroid dienone is 2. The predicted molar refractivity (Wildman–Crippen MR) is 172 cm³/mol. The van der Waals surface area contributed by atoms with E-state index < -0.39 is 17.7 Å². The molecule has 9 heteroatoms. The van der Waals surface area contributed by atoms with Crippen molar-refractivity contribution in [3.63, 3.8) is 0 Å². The van der Waals surface area contributed by atoms with E-state index in [-0.39, 0.29) is 5.92 Å². The molecule has 3 aliphatic rings. The van der Waals surface area contributed by atoms with E-state index in [2.05, 4.69) is 72.6 Å². The third-order valence-corrected chi connectivity index (χ3v) is 9.25. The van der Waals surface area contributed by atoms with E-state index >= 15 is 0 Å². The van der Waals surface area contributed by atoms with Gasteiger partial charge >= 0.3 is 5.97 Å². The maximum Gasteiger partial charge on any atom is 0.320 e. The van der Waals surface area contributed by atoms with Gasteiger partial charge in [-0.05, 0) is 73.2 Å². The average Bonchev–Trinajstić information content (AvgIpc) is 3.50. The molecule has 232 valence electrons. The Morgan fingerprint density at radius 2 is 2.02 bits per heavy atom. The molecule has 2 unspecified atom stereocenters. The smallest absolute Gasteiger partial charge is 0.320 e. The number of aromatic nitrogens is 2. The second-order valence-electron chi connectivity index (χ2n) is 12.1. The van der Waals surface area contributed by atoms with Crippen LogP contribution in [0.1, 0.15) is 42.9 Å². The van der Waals surface area contributed by atoms with Crippen molar-refractivity contribution in [2.45, 2.75) is 51.4 Å². The minimum absolute atomic E-state index is 0.0172. The number of benzene rings is 1. The summed E-state index contributed by atoms with van der Waals surface area (Å²) in [5.41, 5.74) is 4.57. The minimum Gasteiger partial charge on any atom is -0.480 e. The third kappa shape index (κ3) is 6.56. The number of aliphatic carboxylic acids is 1. The second-order valence-corrected chi connectivity index (χ2v) is 12.1. The van der Waals surface area contributed by atoms with Crippen molar-refractivity contribution < 1.29 is 19.4 Å². The predicted octanol–water partition coefficient (Wildman–Crippen LogP) is 5.12. The van der Waals surface area contributed by atoms with Gasteiger partial charge in [-0.1, -0.05) is 43.3 Å². The van der Waals surface area contributed by atoms with Crippen LogP contribution in [0.5, 0.6) is 0 Å². The van der Waals surface area contributed by atoms with E-state index in [9.17, 15) is 9.90 Å². The number of ether oxygens (including phenoxy) is 2. The zero-order valence-corrected chi connectivity index (χ0v) is 25.7. The van der Waals surface area contributed by atoms with Gasteiger partial charge in [0.25, 0.3) is 0 Å². The molecule has 0 amide bonds. The van der Waals surface area contributed by atoms with Gasteiger partial charge in [-0.3, -0.25) is 19.6 Å². The van der Waals surface area contributed by atoms with Gasteiger partial charge < -0.3 is 19.9 Å². The Morgan fingerprint density at radius 1 is 1.18 bits per heavy atom. The quantitative estimate of drug-likeness (QED) is 0.230. The van der Waals surface area contributed by atoms with Gasteiger partial charge in [0.1, 0.15) is 11.6 Å². The Balaban J connectivity index is 1.26. The fourth-order valence-electron chi connectivity index (χ4n) is 6.75. The van der Waals surface area contributed by atoms with Crippen molar-refractivity contribution in [3.05, 3.63) is 83.7 Å². The van der Waals surface area contributed by atoms with Crippen molar-refractivity contribution in [2.75, 3.05) is 51.3 Å². The molecule has 0 radical (unpaired) electrons. The highest BCUT2D eigenvalue weighted by Gasteiger charge is 2.40. The molecule has 0 spiro atoms. The summed E-state index contributed by atoms with van der Waals surface area (Å²) >= 11 is 0. The normalized spacial score (nSPS) is 24.5. The monoisotopic (exact) mass is 597 g/mol. The lowest BCUT2D eigenvalue weighted by molar-refractivity contribution is -0.142. The van der Waals surface area contributed by atoms with Crippen LogP contribution in [0.25, 0.3) is 16.5 Å². The second kappa shape index (κ2) is 13.6. The first-order valence-corrected chi connectivity index (χ1v) is 15.8. The highest BCUT2D eigenvalue weighted by molar-refractivity contribution is 5.89. The Kier molecular flexibility index (Phi) is 9.37. The van der Waals surface area contributed by atoms with Crippen LogP contribution in [0.4, 0.5) is 5.82 Å². The van der Waals surface area contributed by atoms with Crippen LogP contribution in [-0.2, 0) is 20.8 Å². The van der Waals surface area contributed by atoms with Gasteiger partial charge in [-0.15, -0.1) is 0 Å². The molecule has 2 aromatic heterocycles. The molecule has 4 heterocycles. The van der Waals surface area contributed by atoms with Crippen molar-refractivity contribution in [3.8, 4) is 0 Å². The highest BCUT2D eigenvalue weighted by Crippen LogP contribution is 2.40. The number of carboxylic acid groups (broad SMARTS) is 1. The lowest BCUT2D eigenvalue weighted by Crippen LogP contribution is -2.48. The molecule has 3 aromatic rings. The SMILES string of the molecule is Cc1ccccc1C1=CC=CC(Nc2nccc3cc(CN4CCC[C@H]4C(=O)O)cnc23)(OCCCN2CCOCC2)C1C. The van der Waals surface area contributed by atoms with Gasteiger partial charge in [-0.2, -0.15) is 0 Å². The van der Waals surface area contributed by atoms with E-state index in [1.807, 2.05) is 17.2 Å². The first-order valence-electron chi connectivity index (χ1n) is 15.8. The van der Waals surface area contributed by atoms with Crippen LogP contribution in [0, 0.1) is 12.8 Å². The first-order chi connectivity index (χ1) is 21.4. The number of fused-ring (bicyclic) bond motifs is 1. The van der Waals surface area contributed by atoms with E-state index in [1.54, 1.807) is 6.20 Å². The Hall–Kier alpha value is -3.63. The van der Waals surface area contributed by atoms with E-state index in [1.165, 1.54) is 16.7 Å². The maximum absolute atomic E-state index is 11.7. The summed E-state index contributed by atoms with van der Waals surface area (Å²) in [5.74, 6) is -0.110. The Labute approximate surface area is 259 Å². The Bertz CT molecular complexity index is 1530. The van der Waals surface area contributed by atoms with Crippen LogP contribution < -0.4 is 5.32 Å². The summed E-state index contributed by atoms with van der Waals surface area (Å²) in [6, 6.07) is 12.1. The number of carbonyl (C=O) groups is 1. The summed E-state index contributed by atoms with van der Waals surface area (Å²) in [5, 5.41) is 14.3. The highest BCUT2D eigenvalue weighted by atomic mass is 16.5. The zero-order valence-electron chi connectivity index (χ0n) is 25.7. The molecule has 0 bridgehead atoms. The molecule has 2 fully saturated rings. The number of nitrogens with zero attached hydrogens (tertiary/aromatic N) is 4. The van der Waals surface area contributed by atoms with Gasteiger partial charge in [0.15, 0.2) is 11.5 Å². The number of anilines is 1. The molecule has 2 saturated heterocycles. The molecular weight excluding hydrogens is 554 g/mol. The number of carboxylic acids is 1. The van der Waals surface area contributed by atoms with E-state index in [4.69, 9.17) is 19.4 Å². The summed E-state index contributed by atoms with van der Waals surface area (Å²) in [6.07, 6.45) is 12.5. The fraction of sp³-hybridized carbons (Fsp3) is 0.457. The number of nitrogens with one attached hydrogen (secondary N) is 1. The molecule has 1 aromatic carbocycles. The topological polar surface area (TPSA) is 100 Å². The van der Waals surface area contributed by atoms with Crippen LogP contribution >= 0.6 is 0 Å². The molecule has 1 aliphatic carbocycles. The van der Waals surface area contributed by atoms with Crippen LogP contribution in [-0.4, -0.2) is 88.6 Å². The molecule has 9 nitrogen and oxygen atoms in total. The number of rotatable bonds is 11. The van der Waals surface area contributed by atoms with Crippen molar-refractivity contribution >= 4 is 28.3 Å². The Morgan fingerprint density at radius 3 is 2.84 bits per heavy atom.